The van der Waals surface area contributed by atoms with E-state index in [2.05, 4.69) is 27.3 Å². The van der Waals surface area contributed by atoms with Gasteiger partial charge in [0.05, 0.1) is 18.0 Å². The minimum Gasteiger partial charge on any atom is -0.376 e. The molecule has 0 spiro atoms. The summed E-state index contributed by atoms with van der Waals surface area (Å²) in [6.07, 6.45) is 3.49. The average molecular weight is 556 g/mol. The van der Waals surface area contributed by atoms with Crippen LogP contribution in [0.3, 0.4) is 0 Å². The highest BCUT2D eigenvalue weighted by molar-refractivity contribution is 5.98. The predicted molar refractivity (Wildman–Crippen MR) is 155 cm³/mol. The molecule has 1 saturated carbocycles. The maximum Gasteiger partial charge on any atom is 0.251 e. The Bertz CT molecular complexity index is 1380. The topological polar surface area (TPSA) is 150 Å². The Morgan fingerprint density at radius 2 is 1.54 bits per heavy atom. The van der Waals surface area contributed by atoms with Gasteiger partial charge >= 0.3 is 0 Å². The molecule has 1 saturated heterocycles. The molecule has 3 amide bonds. The summed E-state index contributed by atoms with van der Waals surface area (Å²) in [7, 11) is 4.93. The van der Waals surface area contributed by atoms with E-state index in [9.17, 15) is 25.1 Å². The van der Waals surface area contributed by atoms with Crippen LogP contribution in [0.1, 0.15) is 62.2 Å². The molecule has 41 heavy (non-hydrogen) atoms. The van der Waals surface area contributed by atoms with Crippen LogP contribution in [0.4, 0.5) is 0 Å². The number of amides is 3. The Labute approximate surface area is 240 Å². The van der Waals surface area contributed by atoms with Crippen LogP contribution in [0.25, 0.3) is 0 Å². The van der Waals surface area contributed by atoms with Crippen molar-refractivity contribution in [2.24, 2.45) is 5.92 Å². The Morgan fingerprint density at radius 3 is 2.05 bits per heavy atom. The lowest BCUT2D eigenvalue weighted by atomic mass is 9.68. The highest BCUT2D eigenvalue weighted by atomic mass is 16.2. The summed E-state index contributed by atoms with van der Waals surface area (Å²) < 4.78 is 0. The first kappa shape index (κ1) is 28.3. The number of hydrogen-bond donors (Lipinski definition) is 5. The van der Waals surface area contributed by atoms with Gasteiger partial charge in [0.1, 0.15) is 11.9 Å². The largest absolute Gasteiger partial charge is 0.376 e. The number of carbonyl (C=O) groups is 3. The fraction of sp³-hybridized carbons (Fsp3) is 0.452. The molecular formula is C31H37N7O3. The molecule has 10 heteroatoms. The average Bonchev–Trinajstić information content (AvgIpc) is 3.70. The van der Waals surface area contributed by atoms with Gasteiger partial charge in [-0.05, 0) is 91.1 Å². The number of aryl methyl sites for hydroxylation is 2. The SMILES string of the molecule is CNC(=N)C1(CCNCC(=O)N2[C@H](C#N)C[C@@H]3C[C@@H]32)c2ccc(C(=O)NC)cc2CCc2cc(C(=O)NC)ccc21. The number of nitriles is 1. The Hall–Kier alpha value is -4.23. The highest BCUT2D eigenvalue weighted by Crippen LogP contribution is 2.47. The van der Waals surface area contributed by atoms with Gasteiger partial charge < -0.3 is 26.2 Å². The molecule has 3 aliphatic rings. The summed E-state index contributed by atoms with van der Waals surface area (Å²) >= 11 is 0. The smallest absolute Gasteiger partial charge is 0.251 e. The lowest BCUT2D eigenvalue weighted by molar-refractivity contribution is -0.131. The number of carbonyl (C=O) groups excluding carboxylic acids is 3. The third-order valence-corrected chi connectivity index (χ3v) is 8.94. The van der Waals surface area contributed by atoms with E-state index < -0.39 is 5.41 Å². The molecule has 10 nitrogen and oxygen atoms in total. The fourth-order valence-electron chi connectivity index (χ4n) is 6.79. The first-order chi connectivity index (χ1) is 19.8. The van der Waals surface area contributed by atoms with E-state index in [1.807, 2.05) is 24.3 Å². The van der Waals surface area contributed by atoms with Gasteiger partial charge in [-0.1, -0.05) is 12.1 Å². The van der Waals surface area contributed by atoms with Crippen molar-refractivity contribution in [1.29, 1.82) is 10.7 Å². The molecule has 214 valence electrons. The zero-order valence-electron chi connectivity index (χ0n) is 23.8. The molecule has 1 aliphatic heterocycles. The van der Waals surface area contributed by atoms with Gasteiger partial charge in [0.15, 0.2) is 0 Å². The first-order valence-electron chi connectivity index (χ1n) is 14.2. The van der Waals surface area contributed by atoms with Gasteiger partial charge in [-0.15, -0.1) is 0 Å². The second kappa shape index (κ2) is 11.3. The Morgan fingerprint density at radius 1 is 0.951 bits per heavy atom. The van der Waals surface area contributed by atoms with Gasteiger partial charge in [-0.25, -0.2) is 0 Å². The number of piperidine rings is 1. The molecule has 0 aromatic heterocycles. The predicted octanol–water partition coefficient (Wildman–Crippen LogP) is 1.48. The molecular weight excluding hydrogens is 518 g/mol. The van der Waals surface area contributed by atoms with Crippen LogP contribution in [0.5, 0.6) is 0 Å². The van der Waals surface area contributed by atoms with Crippen molar-refractivity contribution < 1.29 is 14.4 Å². The molecule has 1 heterocycles. The molecule has 3 atom stereocenters. The zero-order chi connectivity index (χ0) is 29.3. The van der Waals surface area contributed by atoms with Crippen LogP contribution >= 0.6 is 0 Å². The van der Waals surface area contributed by atoms with E-state index >= 15 is 0 Å². The Kier molecular flexibility index (Phi) is 7.82. The lowest BCUT2D eigenvalue weighted by Crippen LogP contribution is -2.47. The van der Waals surface area contributed by atoms with Crippen molar-refractivity contribution in [3.05, 3.63) is 69.8 Å². The fourth-order valence-corrected chi connectivity index (χ4v) is 6.79. The third kappa shape index (κ3) is 4.95. The van der Waals surface area contributed by atoms with E-state index in [1.54, 1.807) is 38.2 Å². The normalized spacial score (nSPS) is 21.3. The molecule has 0 unspecified atom stereocenters. The van der Waals surface area contributed by atoms with Gasteiger partial charge in [0.2, 0.25) is 5.91 Å². The van der Waals surface area contributed by atoms with Crippen LogP contribution in [-0.4, -0.2) is 74.8 Å². The van der Waals surface area contributed by atoms with E-state index in [-0.39, 0.29) is 36.3 Å². The number of likely N-dealkylation sites (tertiary alicyclic amines) is 1. The maximum absolute atomic E-state index is 13.1. The van der Waals surface area contributed by atoms with E-state index in [0.29, 0.717) is 48.7 Å². The summed E-state index contributed by atoms with van der Waals surface area (Å²) in [6, 6.07) is 13.4. The molecule has 0 radical (unpaired) electrons. The number of amidine groups is 1. The first-order valence-corrected chi connectivity index (χ1v) is 14.2. The van der Waals surface area contributed by atoms with Crippen molar-refractivity contribution in [3.8, 4) is 6.07 Å². The number of benzene rings is 2. The summed E-state index contributed by atoms with van der Waals surface area (Å²) in [5, 5.41) is 30.5. The van der Waals surface area contributed by atoms with Crippen molar-refractivity contribution in [3.63, 3.8) is 0 Å². The summed E-state index contributed by atoms with van der Waals surface area (Å²) in [6.45, 7) is 0.553. The van der Waals surface area contributed by atoms with Gasteiger partial charge in [-0.3, -0.25) is 19.8 Å². The van der Waals surface area contributed by atoms with Crippen LogP contribution in [0.2, 0.25) is 0 Å². The van der Waals surface area contributed by atoms with E-state index in [0.717, 1.165) is 35.1 Å². The van der Waals surface area contributed by atoms with Crippen LogP contribution in [0, 0.1) is 22.7 Å². The number of likely N-dealkylation sites (N-methyl/N-ethyl adjacent to an activating group) is 1. The second-order valence-corrected chi connectivity index (χ2v) is 11.1. The third-order valence-electron chi connectivity index (χ3n) is 8.94. The van der Waals surface area contributed by atoms with Crippen molar-refractivity contribution in [2.75, 3.05) is 34.2 Å². The molecule has 2 aromatic rings. The molecule has 2 aromatic carbocycles. The van der Waals surface area contributed by atoms with Crippen molar-refractivity contribution in [2.45, 2.75) is 49.6 Å². The second-order valence-electron chi connectivity index (χ2n) is 11.1. The minimum absolute atomic E-state index is 0.0635. The zero-order valence-corrected chi connectivity index (χ0v) is 23.8. The van der Waals surface area contributed by atoms with E-state index in [4.69, 9.17) is 0 Å². The maximum atomic E-state index is 13.1. The van der Waals surface area contributed by atoms with Gasteiger partial charge in [0.25, 0.3) is 11.8 Å². The number of nitrogens with one attached hydrogen (secondary N) is 5. The van der Waals surface area contributed by atoms with Crippen LogP contribution < -0.4 is 21.3 Å². The molecule has 5 rings (SSSR count). The summed E-state index contributed by atoms with van der Waals surface area (Å²) in [5.74, 6) is 0.330. The van der Waals surface area contributed by atoms with Crippen LogP contribution in [-0.2, 0) is 23.1 Å². The summed E-state index contributed by atoms with van der Waals surface area (Å²) in [4.78, 5) is 39.8. The Balaban J connectivity index is 1.50. The summed E-state index contributed by atoms with van der Waals surface area (Å²) in [5.41, 5.74) is 3.98. The monoisotopic (exact) mass is 555 g/mol. The number of nitrogens with zero attached hydrogens (tertiary/aromatic N) is 2. The quantitative estimate of drug-likeness (QED) is 0.189. The molecule has 2 aliphatic carbocycles. The lowest BCUT2D eigenvalue weighted by Gasteiger charge is -2.37. The molecule has 5 N–H and O–H groups in total. The van der Waals surface area contributed by atoms with Gasteiger partial charge in [-0.2, -0.15) is 5.26 Å². The van der Waals surface area contributed by atoms with E-state index in [1.165, 1.54) is 0 Å². The number of fused-ring (bicyclic) bond motifs is 3. The number of rotatable bonds is 8. The van der Waals surface area contributed by atoms with Crippen molar-refractivity contribution >= 4 is 23.6 Å². The van der Waals surface area contributed by atoms with Gasteiger partial charge in [0, 0.05) is 38.3 Å². The van der Waals surface area contributed by atoms with Crippen LogP contribution in [0.15, 0.2) is 36.4 Å². The minimum atomic E-state index is -0.904. The highest BCUT2D eigenvalue weighted by Gasteiger charge is 2.54. The molecule has 0 bridgehead atoms. The van der Waals surface area contributed by atoms with Crippen molar-refractivity contribution in [1.82, 2.24) is 26.2 Å². The number of hydrogen-bond acceptors (Lipinski definition) is 6. The standard InChI is InChI=1S/C31H37N7O3/c1-34-28(40)20-6-8-24-18(12-20)4-5-19-13-21(29(41)35-2)7-9-25(19)31(24,30(33)36-3)10-11-37-17-27(39)38-23(16-32)14-22-15-26(22)38/h6-9,12-13,22-23,26,37H,4-5,10-11,14-15,17H2,1-3H3,(H2,33,36)(H,34,40)(H,35,41)/t22-,23+,26+/m1/s1. The molecule has 2 fully saturated rings.